The van der Waals surface area contributed by atoms with Gasteiger partial charge < -0.3 is 9.72 Å². The van der Waals surface area contributed by atoms with Crippen LogP contribution >= 0.6 is 11.3 Å². The van der Waals surface area contributed by atoms with Crippen LogP contribution in [0.3, 0.4) is 0 Å². The van der Waals surface area contributed by atoms with Crippen LogP contribution in [0.4, 0.5) is 9.52 Å². The molecule has 4 aromatic rings. The van der Waals surface area contributed by atoms with E-state index in [1.54, 1.807) is 17.2 Å². The molecule has 1 fully saturated rings. The molecule has 5 rings (SSSR count). The molecule has 0 spiro atoms. The molecule has 3 heterocycles. The number of benzene rings is 2. The summed E-state index contributed by atoms with van der Waals surface area (Å²) in [5, 5.41) is 1.35. The highest BCUT2D eigenvalue weighted by molar-refractivity contribution is 7.22. The fourth-order valence-corrected chi connectivity index (χ4v) is 4.64. The summed E-state index contributed by atoms with van der Waals surface area (Å²) in [5.74, 6) is -0.538. The predicted octanol–water partition coefficient (Wildman–Crippen LogP) is 4.74. The van der Waals surface area contributed by atoms with Gasteiger partial charge in [-0.15, -0.1) is 0 Å². The van der Waals surface area contributed by atoms with Crippen LogP contribution in [-0.2, 0) is 4.74 Å². The molecule has 2 aromatic heterocycles. The van der Waals surface area contributed by atoms with Crippen LogP contribution in [0.1, 0.15) is 23.2 Å². The molecule has 0 saturated carbocycles. The molecule has 1 amide bonds. The molecule has 142 valence electrons. The number of halogens is 1. The first-order valence-electron chi connectivity index (χ1n) is 9.25. The average molecular weight is 395 g/mol. The number of hydrogen-bond acceptors (Lipinski definition) is 4. The standard InChI is InChI=1S/C21H18FN3O2S/c22-16-7-3-9-18-19(16)24-21(28-18)25(12-13-5-4-10-27-13)20(26)15-11-23-17-8-2-1-6-14(15)17/h1-3,6-9,11,13,23H,4-5,10,12H2. The lowest BCUT2D eigenvalue weighted by molar-refractivity contribution is 0.0919. The third kappa shape index (κ3) is 2.96. The minimum atomic E-state index is -0.378. The number of nitrogens with one attached hydrogen (secondary N) is 1. The fourth-order valence-electron chi connectivity index (χ4n) is 3.65. The maximum atomic E-state index is 14.2. The number of para-hydroxylation sites is 2. The van der Waals surface area contributed by atoms with Crippen molar-refractivity contribution < 1.29 is 13.9 Å². The van der Waals surface area contributed by atoms with Crippen molar-refractivity contribution in [2.75, 3.05) is 18.1 Å². The van der Waals surface area contributed by atoms with Gasteiger partial charge in [0.2, 0.25) is 0 Å². The lowest BCUT2D eigenvalue weighted by atomic mass is 10.1. The molecule has 1 saturated heterocycles. The van der Waals surface area contributed by atoms with Crippen molar-refractivity contribution in [3.63, 3.8) is 0 Å². The Labute approximate surface area is 164 Å². The number of amides is 1. The molecule has 0 radical (unpaired) electrons. The second kappa shape index (κ2) is 7.00. The summed E-state index contributed by atoms with van der Waals surface area (Å²) in [6.45, 7) is 1.11. The van der Waals surface area contributed by atoms with Gasteiger partial charge in [-0.3, -0.25) is 9.69 Å². The normalized spacial score (nSPS) is 16.8. The zero-order valence-corrected chi connectivity index (χ0v) is 15.8. The lowest BCUT2D eigenvalue weighted by Gasteiger charge is -2.22. The van der Waals surface area contributed by atoms with Gasteiger partial charge >= 0.3 is 0 Å². The minimum absolute atomic E-state index is 0.0361. The van der Waals surface area contributed by atoms with Gasteiger partial charge in [0.15, 0.2) is 5.13 Å². The van der Waals surface area contributed by atoms with E-state index in [1.165, 1.54) is 17.4 Å². The number of thiazole rings is 1. The van der Waals surface area contributed by atoms with Crippen LogP contribution in [0.5, 0.6) is 0 Å². The monoisotopic (exact) mass is 395 g/mol. The number of aromatic nitrogens is 2. The van der Waals surface area contributed by atoms with E-state index < -0.39 is 0 Å². The second-order valence-corrected chi connectivity index (χ2v) is 7.89. The molecule has 1 N–H and O–H groups in total. The van der Waals surface area contributed by atoms with Crippen LogP contribution < -0.4 is 4.90 Å². The van der Waals surface area contributed by atoms with E-state index in [2.05, 4.69) is 9.97 Å². The van der Waals surface area contributed by atoms with Crippen molar-refractivity contribution in [1.82, 2.24) is 9.97 Å². The number of rotatable bonds is 4. The van der Waals surface area contributed by atoms with Crippen LogP contribution in [0.2, 0.25) is 0 Å². The Morgan fingerprint density at radius 3 is 3.00 bits per heavy atom. The molecular formula is C21H18FN3O2S. The summed E-state index contributed by atoms with van der Waals surface area (Å²) in [6, 6.07) is 12.5. The first kappa shape index (κ1) is 17.3. The van der Waals surface area contributed by atoms with Gasteiger partial charge in [-0.1, -0.05) is 35.6 Å². The Balaban J connectivity index is 1.58. The summed E-state index contributed by atoms with van der Waals surface area (Å²) in [7, 11) is 0. The molecule has 2 aromatic carbocycles. The Morgan fingerprint density at radius 1 is 1.29 bits per heavy atom. The van der Waals surface area contributed by atoms with Crippen LogP contribution in [0.25, 0.3) is 21.1 Å². The SMILES string of the molecule is O=C(c1c[nH]c2ccccc12)N(CC1CCCO1)c1nc2c(F)cccc2s1. The quantitative estimate of drug-likeness (QED) is 0.543. The molecule has 5 nitrogen and oxygen atoms in total. The second-order valence-electron chi connectivity index (χ2n) is 6.88. The highest BCUT2D eigenvalue weighted by Gasteiger charge is 2.28. The maximum Gasteiger partial charge on any atom is 0.262 e. The van der Waals surface area contributed by atoms with Gasteiger partial charge in [0, 0.05) is 23.7 Å². The summed E-state index contributed by atoms with van der Waals surface area (Å²) in [6.07, 6.45) is 3.57. The zero-order chi connectivity index (χ0) is 19.1. The number of carbonyl (C=O) groups is 1. The predicted molar refractivity (Wildman–Crippen MR) is 109 cm³/mol. The molecule has 1 unspecified atom stereocenters. The van der Waals surface area contributed by atoms with Crippen LogP contribution in [-0.4, -0.2) is 35.1 Å². The van der Waals surface area contributed by atoms with E-state index in [4.69, 9.17) is 4.74 Å². The molecule has 1 atom stereocenters. The molecular weight excluding hydrogens is 377 g/mol. The van der Waals surface area contributed by atoms with E-state index in [9.17, 15) is 9.18 Å². The van der Waals surface area contributed by atoms with E-state index in [0.717, 1.165) is 28.4 Å². The Hall–Kier alpha value is -2.77. The number of carbonyl (C=O) groups excluding carboxylic acids is 1. The van der Waals surface area contributed by atoms with E-state index in [0.29, 0.717) is 29.4 Å². The average Bonchev–Trinajstić information content (AvgIpc) is 3.44. The molecule has 1 aliphatic rings. The van der Waals surface area contributed by atoms with Gasteiger partial charge in [-0.25, -0.2) is 9.37 Å². The molecule has 0 aliphatic carbocycles. The Bertz CT molecular complexity index is 1160. The largest absolute Gasteiger partial charge is 0.376 e. The number of fused-ring (bicyclic) bond motifs is 2. The summed E-state index contributed by atoms with van der Waals surface area (Å²) in [4.78, 5) is 22.7. The van der Waals surface area contributed by atoms with E-state index >= 15 is 0 Å². The third-order valence-electron chi connectivity index (χ3n) is 5.06. The number of H-pyrrole nitrogens is 1. The molecule has 0 bridgehead atoms. The van der Waals surface area contributed by atoms with E-state index in [1.807, 2.05) is 30.3 Å². The van der Waals surface area contributed by atoms with Gasteiger partial charge in [0.1, 0.15) is 11.3 Å². The molecule has 7 heteroatoms. The van der Waals surface area contributed by atoms with Crippen molar-refractivity contribution in [3.05, 3.63) is 60.0 Å². The molecule has 28 heavy (non-hydrogen) atoms. The lowest BCUT2D eigenvalue weighted by Crippen LogP contribution is -2.37. The van der Waals surface area contributed by atoms with Crippen molar-refractivity contribution in [3.8, 4) is 0 Å². The number of aromatic amines is 1. The summed E-state index contributed by atoms with van der Waals surface area (Å²) < 4.78 is 20.6. The van der Waals surface area contributed by atoms with Crippen molar-refractivity contribution in [1.29, 1.82) is 0 Å². The highest BCUT2D eigenvalue weighted by atomic mass is 32.1. The maximum absolute atomic E-state index is 14.2. The van der Waals surface area contributed by atoms with Crippen LogP contribution in [0, 0.1) is 5.82 Å². The van der Waals surface area contributed by atoms with Gasteiger partial charge in [-0.05, 0) is 31.0 Å². The van der Waals surface area contributed by atoms with Crippen molar-refractivity contribution in [2.45, 2.75) is 18.9 Å². The number of ether oxygens (including phenoxy) is 1. The Kier molecular flexibility index (Phi) is 4.33. The summed E-state index contributed by atoms with van der Waals surface area (Å²) >= 11 is 1.32. The fraction of sp³-hybridized carbons (Fsp3) is 0.238. The van der Waals surface area contributed by atoms with E-state index in [-0.39, 0.29) is 17.8 Å². The third-order valence-corrected chi connectivity index (χ3v) is 6.11. The van der Waals surface area contributed by atoms with Gasteiger partial charge in [-0.2, -0.15) is 0 Å². The summed E-state index contributed by atoms with van der Waals surface area (Å²) in [5.41, 5.74) is 1.78. The smallest absolute Gasteiger partial charge is 0.262 e. The first-order valence-corrected chi connectivity index (χ1v) is 10.1. The molecule has 1 aliphatic heterocycles. The number of anilines is 1. The first-order chi connectivity index (χ1) is 13.7. The van der Waals surface area contributed by atoms with Crippen molar-refractivity contribution in [2.24, 2.45) is 0 Å². The van der Waals surface area contributed by atoms with Gasteiger partial charge in [0.25, 0.3) is 5.91 Å². The van der Waals surface area contributed by atoms with Crippen molar-refractivity contribution >= 4 is 43.5 Å². The Morgan fingerprint density at radius 2 is 2.18 bits per heavy atom. The van der Waals surface area contributed by atoms with Gasteiger partial charge in [0.05, 0.1) is 22.9 Å². The topological polar surface area (TPSA) is 58.2 Å². The zero-order valence-electron chi connectivity index (χ0n) is 15.0. The van der Waals surface area contributed by atoms with Crippen LogP contribution in [0.15, 0.2) is 48.7 Å². The highest BCUT2D eigenvalue weighted by Crippen LogP contribution is 2.33. The minimum Gasteiger partial charge on any atom is -0.376 e. The number of nitrogens with zero attached hydrogens (tertiary/aromatic N) is 2. The number of hydrogen-bond donors (Lipinski definition) is 1.